The molecule has 3 aromatic rings. The highest BCUT2D eigenvalue weighted by atomic mass is 16.5. The van der Waals surface area contributed by atoms with Gasteiger partial charge >= 0.3 is 11.7 Å². The molecule has 8 heteroatoms. The molecule has 8 nitrogen and oxygen atoms in total. The number of methoxy groups -OCH3 is 1. The Kier molecular flexibility index (Phi) is 6.61. The third-order valence-electron chi connectivity index (χ3n) is 5.43. The molecule has 2 heterocycles. The quantitative estimate of drug-likeness (QED) is 0.581. The van der Waals surface area contributed by atoms with E-state index in [0.717, 1.165) is 31.5 Å². The summed E-state index contributed by atoms with van der Waals surface area (Å²) in [7, 11) is 3.59. The summed E-state index contributed by atoms with van der Waals surface area (Å²) in [6.07, 6.45) is 1.16. The van der Waals surface area contributed by atoms with Crippen molar-refractivity contribution in [3.8, 4) is 11.5 Å². The van der Waals surface area contributed by atoms with E-state index >= 15 is 0 Å². The van der Waals surface area contributed by atoms with Crippen LogP contribution in [0.3, 0.4) is 0 Å². The lowest BCUT2D eigenvalue weighted by Gasteiger charge is -2.29. The van der Waals surface area contributed by atoms with E-state index < -0.39 is 11.7 Å². The number of carbonyl (C=O) groups excluding carboxylic acids is 1. The molecule has 0 aliphatic carbocycles. The summed E-state index contributed by atoms with van der Waals surface area (Å²) in [6.45, 7) is 2.02. The summed E-state index contributed by atoms with van der Waals surface area (Å²) < 4.78 is 22.3. The maximum absolute atomic E-state index is 12.5. The lowest BCUT2D eigenvalue weighted by molar-refractivity contribution is 0.111. The van der Waals surface area contributed by atoms with Gasteiger partial charge in [-0.15, -0.1) is 0 Å². The van der Waals surface area contributed by atoms with Crippen LogP contribution in [0.5, 0.6) is 11.5 Å². The van der Waals surface area contributed by atoms with Crippen molar-refractivity contribution in [2.45, 2.75) is 25.6 Å². The van der Waals surface area contributed by atoms with E-state index in [1.165, 1.54) is 13.2 Å². The molecule has 168 valence electrons. The number of benzene rings is 2. The van der Waals surface area contributed by atoms with Gasteiger partial charge in [-0.25, -0.2) is 9.59 Å². The zero-order valence-corrected chi connectivity index (χ0v) is 18.1. The number of nitrogens with zero attached hydrogens (tertiary/aromatic N) is 1. The number of anilines is 1. The van der Waals surface area contributed by atoms with Crippen LogP contribution >= 0.6 is 0 Å². The lowest BCUT2D eigenvalue weighted by Crippen LogP contribution is -2.35. The van der Waals surface area contributed by atoms with Crippen molar-refractivity contribution in [2.24, 2.45) is 0 Å². The molecule has 0 bridgehead atoms. The number of hydrogen-bond acceptors (Lipinski definition) is 7. The molecule has 1 aliphatic rings. The highest BCUT2D eigenvalue weighted by Crippen LogP contribution is 2.37. The Morgan fingerprint density at radius 1 is 1.16 bits per heavy atom. The molecule has 1 amide bonds. The first-order chi connectivity index (χ1) is 15.5. The first-order valence-corrected chi connectivity index (χ1v) is 10.5. The highest BCUT2D eigenvalue weighted by molar-refractivity contribution is 5.91. The van der Waals surface area contributed by atoms with Crippen molar-refractivity contribution < 1.29 is 23.4 Å². The standard InChI is InChI=1S/C24H26N2O6/c1-26-12-10-18(11-13-26)31-20-9-8-17-14-19(23(27)32-21(17)22(20)29-2)25-24(28)30-15-16-6-4-3-5-7-16/h3-9,14,18H,10-13,15H2,1-2H3,(H,25,28). The fraction of sp³-hybridized carbons (Fsp3) is 0.333. The Labute approximate surface area is 185 Å². The summed E-state index contributed by atoms with van der Waals surface area (Å²) in [5.74, 6) is 0.886. The number of rotatable bonds is 6. The van der Waals surface area contributed by atoms with Gasteiger partial charge in [0.15, 0.2) is 11.3 Å². The normalized spacial score (nSPS) is 14.8. The van der Waals surface area contributed by atoms with Gasteiger partial charge in [-0.05, 0) is 43.7 Å². The second-order valence-corrected chi connectivity index (χ2v) is 7.77. The van der Waals surface area contributed by atoms with Crippen molar-refractivity contribution in [3.05, 3.63) is 64.5 Å². The number of carbonyl (C=O) groups is 1. The number of amides is 1. The molecular formula is C24H26N2O6. The van der Waals surface area contributed by atoms with Gasteiger partial charge in [0.05, 0.1) is 7.11 Å². The van der Waals surface area contributed by atoms with E-state index in [9.17, 15) is 9.59 Å². The number of piperidine rings is 1. The number of nitrogens with one attached hydrogen (secondary N) is 1. The second kappa shape index (κ2) is 9.74. The Hall–Kier alpha value is -3.52. The predicted molar refractivity (Wildman–Crippen MR) is 120 cm³/mol. The summed E-state index contributed by atoms with van der Waals surface area (Å²) in [5, 5.41) is 3.04. The zero-order valence-electron chi connectivity index (χ0n) is 18.1. The molecule has 0 saturated carbocycles. The van der Waals surface area contributed by atoms with Crippen LogP contribution < -0.4 is 20.4 Å². The van der Waals surface area contributed by atoms with Gasteiger partial charge in [-0.3, -0.25) is 5.32 Å². The Balaban J connectivity index is 1.50. The number of hydrogen-bond donors (Lipinski definition) is 1. The van der Waals surface area contributed by atoms with Gasteiger partial charge < -0.3 is 23.5 Å². The first kappa shape index (κ1) is 21.7. The van der Waals surface area contributed by atoms with E-state index in [-0.39, 0.29) is 24.0 Å². The molecule has 2 aromatic carbocycles. The molecule has 1 aliphatic heterocycles. The summed E-state index contributed by atoms with van der Waals surface area (Å²) in [6, 6.07) is 14.4. The predicted octanol–water partition coefficient (Wildman–Crippen LogP) is 4.02. The van der Waals surface area contributed by atoms with Crippen LogP contribution in [0.25, 0.3) is 11.0 Å². The van der Waals surface area contributed by atoms with Gasteiger partial charge in [0.1, 0.15) is 18.4 Å². The van der Waals surface area contributed by atoms with Gasteiger partial charge in [0, 0.05) is 18.5 Å². The molecule has 0 atom stereocenters. The molecule has 1 fully saturated rings. The average Bonchev–Trinajstić information content (AvgIpc) is 2.80. The molecule has 1 aromatic heterocycles. The molecule has 1 saturated heterocycles. The van der Waals surface area contributed by atoms with Gasteiger partial charge in [-0.1, -0.05) is 30.3 Å². The smallest absolute Gasteiger partial charge is 0.412 e. The first-order valence-electron chi connectivity index (χ1n) is 10.5. The zero-order chi connectivity index (χ0) is 22.5. The van der Waals surface area contributed by atoms with Gasteiger partial charge in [0.2, 0.25) is 5.75 Å². The largest absolute Gasteiger partial charge is 0.490 e. The lowest BCUT2D eigenvalue weighted by atomic mass is 10.1. The van der Waals surface area contributed by atoms with E-state index in [1.54, 1.807) is 12.1 Å². The van der Waals surface area contributed by atoms with Crippen LogP contribution in [0.4, 0.5) is 10.5 Å². The summed E-state index contributed by atoms with van der Waals surface area (Å²) in [5.41, 5.74) is 0.395. The number of ether oxygens (including phenoxy) is 3. The fourth-order valence-electron chi connectivity index (χ4n) is 3.67. The Morgan fingerprint density at radius 3 is 2.62 bits per heavy atom. The minimum atomic E-state index is -0.741. The van der Waals surface area contributed by atoms with E-state index in [1.807, 2.05) is 30.3 Å². The third kappa shape index (κ3) is 5.03. The van der Waals surface area contributed by atoms with Crippen LogP contribution in [-0.4, -0.2) is 44.3 Å². The second-order valence-electron chi connectivity index (χ2n) is 7.77. The van der Waals surface area contributed by atoms with Crippen LogP contribution in [0.1, 0.15) is 18.4 Å². The minimum Gasteiger partial charge on any atom is -0.490 e. The number of fused-ring (bicyclic) bond motifs is 1. The van der Waals surface area contributed by atoms with Crippen molar-refractivity contribution in [3.63, 3.8) is 0 Å². The van der Waals surface area contributed by atoms with E-state index in [4.69, 9.17) is 18.6 Å². The summed E-state index contributed by atoms with van der Waals surface area (Å²) in [4.78, 5) is 26.9. The van der Waals surface area contributed by atoms with Crippen molar-refractivity contribution >= 4 is 22.7 Å². The molecule has 1 N–H and O–H groups in total. The van der Waals surface area contributed by atoms with Crippen molar-refractivity contribution in [1.82, 2.24) is 4.90 Å². The monoisotopic (exact) mass is 438 g/mol. The average molecular weight is 438 g/mol. The van der Waals surface area contributed by atoms with Crippen LogP contribution in [0.2, 0.25) is 0 Å². The Bertz CT molecular complexity index is 1140. The molecule has 0 spiro atoms. The van der Waals surface area contributed by atoms with Crippen LogP contribution in [-0.2, 0) is 11.3 Å². The molecule has 4 rings (SSSR count). The highest BCUT2D eigenvalue weighted by Gasteiger charge is 2.22. The maximum Gasteiger partial charge on any atom is 0.412 e. The van der Waals surface area contributed by atoms with Crippen LogP contribution in [0, 0.1) is 0 Å². The van der Waals surface area contributed by atoms with Crippen molar-refractivity contribution in [1.29, 1.82) is 0 Å². The van der Waals surface area contributed by atoms with Gasteiger partial charge in [0.25, 0.3) is 0 Å². The molecule has 0 unspecified atom stereocenters. The SMILES string of the molecule is COc1c(OC2CCN(C)CC2)ccc2cc(NC(=O)OCc3ccccc3)c(=O)oc12. The van der Waals surface area contributed by atoms with E-state index in [0.29, 0.717) is 16.9 Å². The fourth-order valence-corrected chi connectivity index (χ4v) is 3.67. The van der Waals surface area contributed by atoms with Crippen molar-refractivity contribution in [2.75, 3.05) is 32.6 Å². The van der Waals surface area contributed by atoms with E-state index in [2.05, 4.69) is 17.3 Å². The maximum atomic E-state index is 12.5. The molecule has 0 radical (unpaired) electrons. The summed E-state index contributed by atoms with van der Waals surface area (Å²) >= 11 is 0. The third-order valence-corrected chi connectivity index (χ3v) is 5.43. The number of likely N-dealkylation sites (tertiary alicyclic amines) is 1. The molecular weight excluding hydrogens is 412 g/mol. The minimum absolute atomic E-state index is 0.0124. The topological polar surface area (TPSA) is 90.2 Å². The Morgan fingerprint density at radius 2 is 1.91 bits per heavy atom. The van der Waals surface area contributed by atoms with Gasteiger partial charge in [-0.2, -0.15) is 0 Å². The molecule has 32 heavy (non-hydrogen) atoms. The van der Waals surface area contributed by atoms with Crippen LogP contribution in [0.15, 0.2) is 57.7 Å².